The molecule has 0 spiro atoms. The molecule has 0 aliphatic rings. The first kappa shape index (κ1) is 15.9. The third-order valence-electron chi connectivity index (χ3n) is 3.44. The van der Waals surface area contributed by atoms with E-state index in [2.05, 4.69) is 10.1 Å². The Hall–Kier alpha value is -3.00. The van der Waals surface area contributed by atoms with Gasteiger partial charge in [0.15, 0.2) is 0 Å². The van der Waals surface area contributed by atoms with Gasteiger partial charge in [0, 0.05) is 0 Å². The molecule has 0 saturated carbocycles. The lowest BCUT2D eigenvalue weighted by atomic mass is 10.2. The number of aryl methyl sites for hydroxylation is 1. The Bertz CT molecular complexity index is 1100. The van der Waals surface area contributed by atoms with Crippen molar-refractivity contribution in [1.82, 2.24) is 14.8 Å². The summed E-state index contributed by atoms with van der Waals surface area (Å²) in [6, 6.07) is 12.2. The van der Waals surface area contributed by atoms with Gasteiger partial charge in [-0.25, -0.2) is 13.2 Å². The minimum absolute atomic E-state index is 0.104. The average molecular weight is 343 g/mol. The molecule has 122 valence electrons. The quantitative estimate of drug-likeness (QED) is 0.766. The van der Waals surface area contributed by atoms with Gasteiger partial charge in [-0.2, -0.15) is 9.78 Å². The van der Waals surface area contributed by atoms with Crippen LogP contribution in [0.1, 0.15) is 5.56 Å². The number of nitrogens with zero attached hydrogens (tertiary/aromatic N) is 2. The number of sulfone groups is 1. The van der Waals surface area contributed by atoms with Crippen molar-refractivity contribution < 1.29 is 8.42 Å². The number of hydrogen-bond acceptors (Lipinski definition) is 5. The summed E-state index contributed by atoms with van der Waals surface area (Å²) in [5.41, 5.74) is 0.0124. The van der Waals surface area contributed by atoms with Gasteiger partial charge < -0.3 is 0 Å². The minimum Gasteiger partial charge on any atom is -0.271 e. The number of hydrogen-bond donors (Lipinski definition) is 1. The van der Waals surface area contributed by atoms with E-state index in [1.807, 2.05) is 6.92 Å². The van der Waals surface area contributed by atoms with Crippen LogP contribution in [0.25, 0.3) is 5.69 Å². The molecule has 2 aromatic carbocycles. The van der Waals surface area contributed by atoms with E-state index in [1.54, 1.807) is 24.3 Å². The van der Waals surface area contributed by atoms with Gasteiger partial charge in [-0.1, -0.05) is 17.7 Å². The van der Waals surface area contributed by atoms with Crippen LogP contribution in [-0.2, 0) is 9.84 Å². The molecule has 0 unspecified atom stereocenters. The maximum atomic E-state index is 12.6. The molecular formula is C16H13N3O4S. The summed E-state index contributed by atoms with van der Waals surface area (Å²) in [5, 5.41) is 3.72. The van der Waals surface area contributed by atoms with E-state index >= 15 is 0 Å². The summed E-state index contributed by atoms with van der Waals surface area (Å²) in [5.74, 6) is 0. The highest BCUT2D eigenvalue weighted by atomic mass is 32.2. The molecule has 8 heteroatoms. The zero-order chi connectivity index (χ0) is 17.3. The number of nitrogens with one attached hydrogen (secondary N) is 1. The minimum atomic E-state index is -3.64. The molecule has 0 fully saturated rings. The molecule has 0 radical (unpaired) electrons. The van der Waals surface area contributed by atoms with Crippen molar-refractivity contribution in [3.05, 3.63) is 81.1 Å². The van der Waals surface area contributed by atoms with Crippen LogP contribution in [0.2, 0.25) is 0 Å². The van der Waals surface area contributed by atoms with Gasteiger partial charge in [0.25, 0.3) is 5.56 Å². The largest absolute Gasteiger partial charge is 0.349 e. The maximum Gasteiger partial charge on any atom is 0.349 e. The van der Waals surface area contributed by atoms with Gasteiger partial charge in [-0.05, 0) is 43.3 Å². The van der Waals surface area contributed by atoms with E-state index in [4.69, 9.17) is 0 Å². The van der Waals surface area contributed by atoms with Crippen LogP contribution in [0, 0.1) is 6.92 Å². The molecule has 0 atom stereocenters. The van der Waals surface area contributed by atoms with Crippen molar-refractivity contribution in [2.24, 2.45) is 0 Å². The Labute approximate surface area is 137 Å². The fourth-order valence-electron chi connectivity index (χ4n) is 2.16. The fraction of sp³-hybridized carbons (Fsp3) is 0.0625. The van der Waals surface area contributed by atoms with Crippen LogP contribution in [0.5, 0.6) is 0 Å². The van der Waals surface area contributed by atoms with Crippen molar-refractivity contribution in [2.45, 2.75) is 16.7 Å². The molecule has 0 aliphatic heterocycles. The summed E-state index contributed by atoms with van der Waals surface area (Å²) in [6.45, 7) is 1.88. The first-order valence-corrected chi connectivity index (χ1v) is 8.47. The second-order valence-electron chi connectivity index (χ2n) is 5.16. The third kappa shape index (κ3) is 2.91. The summed E-state index contributed by atoms with van der Waals surface area (Å²) in [7, 11) is -3.64. The highest BCUT2D eigenvalue weighted by Crippen LogP contribution is 2.21. The second-order valence-corrected chi connectivity index (χ2v) is 7.11. The zero-order valence-corrected chi connectivity index (χ0v) is 13.4. The highest BCUT2D eigenvalue weighted by Gasteiger charge is 2.17. The van der Waals surface area contributed by atoms with E-state index in [0.29, 0.717) is 5.69 Å². The van der Waals surface area contributed by atoms with Crippen molar-refractivity contribution in [1.29, 1.82) is 0 Å². The Morgan fingerprint density at radius 3 is 2.00 bits per heavy atom. The van der Waals surface area contributed by atoms with E-state index in [1.165, 1.54) is 24.3 Å². The average Bonchev–Trinajstić information content (AvgIpc) is 2.55. The molecule has 1 heterocycles. The topological polar surface area (TPSA) is 102 Å². The molecule has 1 N–H and O–H groups in total. The first-order valence-electron chi connectivity index (χ1n) is 6.99. The Kier molecular flexibility index (Phi) is 3.90. The Morgan fingerprint density at radius 2 is 1.46 bits per heavy atom. The lowest BCUT2D eigenvalue weighted by molar-refractivity contribution is 0.596. The van der Waals surface area contributed by atoms with Crippen LogP contribution >= 0.6 is 0 Å². The lowest BCUT2D eigenvalue weighted by Gasteiger charge is -2.07. The standard InChI is InChI=1S/C16H13N3O4S/c1-11-2-6-13(7-3-11)24(22,23)14-8-4-12(5-9-14)19-16(21)18-15(20)10-17-19/h2-10H,1H3,(H,18,20,21). The Morgan fingerprint density at radius 1 is 0.917 bits per heavy atom. The predicted octanol–water partition coefficient (Wildman–Crippen LogP) is 1.06. The van der Waals surface area contributed by atoms with E-state index in [0.717, 1.165) is 16.4 Å². The second kappa shape index (κ2) is 5.89. The van der Waals surface area contributed by atoms with Crippen LogP contribution < -0.4 is 11.2 Å². The van der Waals surface area contributed by atoms with Crippen molar-refractivity contribution >= 4 is 9.84 Å². The number of aromatic nitrogens is 3. The van der Waals surface area contributed by atoms with Crippen molar-refractivity contribution in [2.75, 3.05) is 0 Å². The molecule has 0 bridgehead atoms. The van der Waals surface area contributed by atoms with E-state index in [9.17, 15) is 18.0 Å². The number of aromatic amines is 1. The molecule has 3 aromatic rings. The SMILES string of the molecule is Cc1ccc(S(=O)(=O)c2ccc(-n3ncc(=O)[nH]c3=O)cc2)cc1. The summed E-state index contributed by atoms with van der Waals surface area (Å²) in [4.78, 5) is 25.1. The van der Waals surface area contributed by atoms with Crippen molar-refractivity contribution in [3.8, 4) is 5.69 Å². The molecule has 7 nitrogen and oxygen atoms in total. The zero-order valence-electron chi connectivity index (χ0n) is 12.6. The highest BCUT2D eigenvalue weighted by molar-refractivity contribution is 7.91. The molecule has 0 aliphatic carbocycles. The molecule has 3 rings (SSSR count). The maximum absolute atomic E-state index is 12.6. The monoisotopic (exact) mass is 343 g/mol. The first-order chi connectivity index (χ1) is 11.4. The molecule has 0 amide bonds. The van der Waals surface area contributed by atoms with E-state index in [-0.39, 0.29) is 9.79 Å². The van der Waals surface area contributed by atoms with Crippen LogP contribution in [0.4, 0.5) is 0 Å². The fourth-order valence-corrected chi connectivity index (χ4v) is 3.42. The van der Waals surface area contributed by atoms with Gasteiger partial charge in [-0.3, -0.25) is 9.78 Å². The van der Waals surface area contributed by atoms with Gasteiger partial charge in [0.05, 0.1) is 15.5 Å². The van der Waals surface area contributed by atoms with Gasteiger partial charge in [0.2, 0.25) is 9.84 Å². The molecular weight excluding hydrogens is 330 g/mol. The van der Waals surface area contributed by atoms with E-state index < -0.39 is 21.1 Å². The normalized spacial score (nSPS) is 11.4. The Balaban J connectivity index is 2.01. The van der Waals surface area contributed by atoms with Gasteiger partial charge in [0.1, 0.15) is 6.20 Å². The van der Waals surface area contributed by atoms with Gasteiger partial charge >= 0.3 is 5.69 Å². The molecule has 24 heavy (non-hydrogen) atoms. The number of rotatable bonds is 3. The predicted molar refractivity (Wildman–Crippen MR) is 87.1 cm³/mol. The third-order valence-corrected chi connectivity index (χ3v) is 5.22. The summed E-state index contributed by atoms with van der Waals surface area (Å²) < 4.78 is 26.1. The summed E-state index contributed by atoms with van der Waals surface area (Å²) in [6.07, 6.45) is 0.971. The molecule has 0 saturated heterocycles. The smallest absolute Gasteiger partial charge is 0.271 e. The number of H-pyrrole nitrogens is 1. The lowest BCUT2D eigenvalue weighted by Crippen LogP contribution is -2.30. The molecule has 1 aromatic heterocycles. The van der Waals surface area contributed by atoms with Crippen molar-refractivity contribution in [3.63, 3.8) is 0 Å². The van der Waals surface area contributed by atoms with Gasteiger partial charge in [-0.15, -0.1) is 0 Å². The number of benzene rings is 2. The van der Waals surface area contributed by atoms with Crippen LogP contribution in [0.15, 0.2) is 74.1 Å². The summed E-state index contributed by atoms with van der Waals surface area (Å²) >= 11 is 0. The van der Waals surface area contributed by atoms with Crippen LogP contribution in [0.3, 0.4) is 0 Å². The van der Waals surface area contributed by atoms with Crippen LogP contribution in [-0.4, -0.2) is 23.2 Å².